The number of ether oxygens (including phenoxy) is 3. The van der Waals surface area contributed by atoms with Crippen LogP contribution in [0.25, 0.3) is 0 Å². The van der Waals surface area contributed by atoms with Crippen LogP contribution in [-0.2, 0) is 21.0 Å². The molecule has 2 aromatic carbocycles. The lowest BCUT2D eigenvalue weighted by atomic mass is 10.1. The highest BCUT2D eigenvalue weighted by atomic mass is 32.2. The molecule has 1 heterocycles. The average Bonchev–Trinajstić information content (AvgIpc) is 3.05. The van der Waals surface area contributed by atoms with Gasteiger partial charge >= 0.3 is 0 Å². The first-order valence-corrected chi connectivity index (χ1v) is 11.1. The first-order valence-electron chi connectivity index (χ1n) is 9.43. The predicted octanol–water partition coefficient (Wildman–Crippen LogP) is 3.08. The summed E-state index contributed by atoms with van der Waals surface area (Å²) in [6.45, 7) is 4.44. The molecule has 156 valence electrons. The number of hydrogen-bond donors (Lipinski definition) is 1. The van der Waals surface area contributed by atoms with E-state index in [1.807, 2.05) is 19.9 Å². The number of carbonyl (C=O) groups excluding carboxylic acids is 1. The summed E-state index contributed by atoms with van der Waals surface area (Å²) in [4.78, 5) is 12.8. The Bertz CT molecular complexity index is 985. The van der Waals surface area contributed by atoms with Gasteiger partial charge in [-0.1, -0.05) is 0 Å². The number of carbonyl (C=O) groups is 1. The Morgan fingerprint density at radius 3 is 2.62 bits per heavy atom. The van der Waals surface area contributed by atoms with E-state index in [-0.39, 0.29) is 29.3 Å². The second-order valence-corrected chi connectivity index (χ2v) is 8.92. The van der Waals surface area contributed by atoms with Gasteiger partial charge in [-0.25, -0.2) is 8.42 Å². The number of hydrogen-bond acceptors (Lipinski definition) is 6. The lowest BCUT2D eigenvalue weighted by molar-refractivity contribution is 0.102. The number of benzene rings is 2. The first kappa shape index (κ1) is 21.1. The van der Waals surface area contributed by atoms with E-state index in [2.05, 4.69) is 5.32 Å². The number of sulfone groups is 1. The molecule has 0 aromatic heterocycles. The molecule has 1 amide bonds. The molecule has 0 bridgehead atoms. The third kappa shape index (κ3) is 4.89. The molecular formula is C21H25NO6S. The van der Waals surface area contributed by atoms with Crippen molar-refractivity contribution in [1.82, 2.24) is 0 Å². The third-order valence-corrected chi connectivity index (χ3v) is 6.27. The molecule has 1 N–H and O–H groups in total. The van der Waals surface area contributed by atoms with Crippen molar-refractivity contribution >= 4 is 21.4 Å². The third-order valence-electron chi connectivity index (χ3n) is 4.58. The van der Waals surface area contributed by atoms with Crippen LogP contribution in [-0.4, -0.2) is 46.5 Å². The Labute approximate surface area is 170 Å². The fourth-order valence-electron chi connectivity index (χ4n) is 3.13. The highest BCUT2D eigenvalue weighted by Crippen LogP contribution is 2.38. The molecule has 0 fully saturated rings. The largest absolute Gasteiger partial charge is 0.492 e. The van der Waals surface area contributed by atoms with Gasteiger partial charge in [0.1, 0.15) is 17.6 Å². The molecule has 0 aliphatic carbocycles. The van der Waals surface area contributed by atoms with Gasteiger partial charge < -0.3 is 19.5 Å². The molecule has 1 atom stereocenters. The van der Waals surface area contributed by atoms with Crippen LogP contribution in [0.2, 0.25) is 0 Å². The number of nitrogens with one attached hydrogen (secondary N) is 1. The van der Waals surface area contributed by atoms with Gasteiger partial charge in [0, 0.05) is 30.7 Å². The van der Waals surface area contributed by atoms with E-state index in [9.17, 15) is 13.2 Å². The van der Waals surface area contributed by atoms with Gasteiger partial charge in [0.2, 0.25) is 0 Å². The van der Waals surface area contributed by atoms with Crippen LogP contribution in [0.5, 0.6) is 11.5 Å². The molecule has 0 saturated heterocycles. The molecule has 0 radical (unpaired) electrons. The maximum Gasteiger partial charge on any atom is 0.255 e. The Morgan fingerprint density at radius 1 is 1.24 bits per heavy atom. The molecule has 8 heteroatoms. The van der Waals surface area contributed by atoms with E-state index in [0.29, 0.717) is 23.6 Å². The normalized spacial score (nSPS) is 15.5. The number of anilines is 1. The molecule has 1 unspecified atom stereocenters. The standard InChI is InChI=1S/C21H25NO6S/c1-4-27-20-12-16-11-14(2)28-19(16)13-18(20)22-21(23)15-5-7-17(8-6-15)29(24,25)10-9-26-3/h5-8,12-14H,4,9-11H2,1-3H3,(H,22,23). The van der Waals surface area contributed by atoms with Crippen molar-refractivity contribution in [2.24, 2.45) is 0 Å². The molecule has 3 rings (SSSR count). The fourth-order valence-corrected chi connectivity index (χ4v) is 4.30. The first-order chi connectivity index (χ1) is 13.8. The smallest absolute Gasteiger partial charge is 0.255 e. The molecule has 7 nitrogen and oxygen atoms in total. The van der Waals surface area contributed by atoms with Crippen molar-refractivity contribution in [3.8, 4) is 11.5 Å². The molecular weight excluding hydrogens is 394 g/mol. The summed E-state index contributed by atoms with van der Waals surface area (Å²) in [6, 6.07) is 9.49. The topological polar surface area (TPSA) is 90.9 Å². The molecule has 29 heavy (non-hydrogen) atoms. The van der Waals surface area contributed by atoms with Crippen molar-refractivity contribution in [2.75, 3.05) is 31.4 Å². The summed E-state index contributed by atoms with van der Waals surface area (Å²) in [5.74, 6) is 0.838. The van der Waals surface area contributed by atoms with Gasteiger partial charge in [-0.2, -0.15) is 0 Å². The van der Waals surface area contributed by atoms with Crippen LogP contribution in [0.15, 0.2) is 41.3 Å². The van der Waals surface area contributed by atoms with Crippen molar-refractivity contribution in [2.45, 2.75) is 31.3 Å². The SMILES string of the molecule is CCOc1cc2c(cc1NC(=O)c1ccc(S(=O)(=O)CCOC)cc1)OC(C)C2. The molecule has 0 spiro atoms. The Kier molecular flexibility index (Phi) is 6.44. The molecule has 1 aliphatic rings. The maximum atomic E-state index is 12.7. The van der Waals surface area contributed by atoms with Crippen molar-refractivity contribution in [3.05, 3.63) is 47.5 Å². The highest BCUT2D eigenvalue weighted by molar-refractivity contribution is 7.91. The van der Waals surface area contributed by atoms with Crippen LogP contribution >= 0.6 is 0 Å². The summed E-state index contributed by atoms with van der Waals surface area (Å²) in [6.07, 6.45) is 0.876. The minimum absolute atomic E-state index is 0.0815. The Hall–Kier alpha value is -2.58. The highest BCUT2D eigenvalue weighted by Gasteiger charge is 2.23. The van der Waals surface area contributed by atoms with E-state index in [0.717, 1.165) is 17.7 Å². The molecule has 2 aromatic rings. The van der Waals surface area contributed by atoms with E-state index in [1.54, 1.807) is 6.07 Å². The number of methoxy groups -OCH3 is 1. The van der Waals surface area contributed by atoms with Gasteiger partial charge in [-0.05, 0) is 44.2 Å². The Morgan fingerprint density at radius 2 is 1.97 bits per heavy atom. The maximum absolute atomic E-state index is 12.7. The van der Waals surface area contributed by atoms with Crippen LogP contribution in [0, 0.1) is 0 Å². The summed E-state index contributed by atoms with van der Waals surface area (Å²) in [5, 5.41) is 2.84. The molecule has 1 aliphatic heterocycles. The number of rotatable bonds is 8. The predicted molar refractivity (Wildman–Crippen MR) is 110 cm³/mol. The van der Waals surface area contributed by atoms with Gasteiger partial charge in [0.25, 0.3) is 5.91 Å². The van der Waals surface area contributed by atoms with Crippen LogP contribution in [0.1, 0.15) is 29.8 Å². The van der Waals surface area contributed by atoms with E-state index in [4.69, 9.17) is 14.2 Å². The summed E-state index contributed by atoms with van der Waals surface area (Å²) in [5.41, 5.74) is 1.90. The van der Waals surface area contributed by atoms with Gasteiger partial charge in [0.15, 0.2) is 9.84 Å². The van der Waals surface area contributed by atoms with E-state index < -0.39 is 9.84 Å². The molecule has 0 saturated carbocycles. The summed E-state index contributed by atoms with van der Waals surface area (Å²) >= 11 is 0. The van der Waals surface area contributed by atoms with Gasteiger partial charge in [-0.15, -0.1) is 0 Å². The Balaban J connectivity index is 1.79. The van der Waals surface area contributed by atoms with E-state index >= 15 is 0 Å². The van der Waals surface area contributed by atoms with Crippen molar-refractivity contribution in [3.63, 3.8) is 0 Å². The van der Waals surface area contributed by atoms with Crippen molar-refractivity contribution in [1.29, 1.82) is 0 Å². The minimum Gasteiger partial charge on any atom is -0.492 e. The second-order valence-electron chi connectivity index (χ2n) is 6.81. The lowest BCUT2D eigenvalue weighted by Gasteiger charge is -2.14. The summed E-state index contributed by atoms with van der Waals surface area (Å²) < 4.78 is 40.7. The van der Waals surface area contributed by atoms with Crippen LogP contribution in [0.3, 0.4) is 0 Å². The van der Waals surface area contributed by atoms with Crippen LogP contribution < -0.4 is 14.8 Å². The number of fused-ring (bicyclic) bond motifs is 1. The fraction of sp³-hybridized carbons (Fsp3) is 0.381. The zero-order valence-corrected chi connectivity index (χ0v) is 17.5. The zero-order valence-electron chi connectivity index (χ0n) is 16.7. The minimum atomic E-state index is -3.44. The van der Waals surface area contributed by atoms with Crippen LogP contribution in [0.4, 0.5) is 5.69 Å². The monoisotopic (exact) mass is 419 g/mol. The van der Waals surface area contributed by atoms with E-state index in [1.165, 1.54) is 31.4 Å². The quantitative estimate of drug-likeness (QED) is 0.707. The second kappa shape index (κ2) is 8.84. The lowest BCUT2D eigenvalue weighted by Crippen LogP contribution is -2.14. The van der Waals surface area contributed by atoms with Gasteiger partial charge in [0.05, 0.1) is 29.5 Å². The van der Waals surface area contributed by atoms with Crippen molar-refractivity contribution < 1.29 is 27.4 Å². The zero-order chi connectivity index (χ0) is 21.0. The summed E-state index contributed by atoms with van der Waals surface area (Å²) in [7, 11) is -1.99. The average molecular weight is 419 g/mol. The number of amides is 1. The van der Waals surface area contributed by atoms with Gasteiger partial charge in [-0.3, -0.25) is 4.79 Å².